The van der Waals surface area contributed by atoms with Crippen LogP contribution >= 0.6 is 15.9 Å². The fourth-order valence-electron chi connectivity index (χ4n) is 1.91. The summed E-state index contributed by atoms with van der Waals surface area (Å²) in [5.74, 6) is 5.46. The second-order valence-corrected chi connectivity index (χ2v) is 5.30. The number of benzene rings is 1. The average molecular weight is 339 g/mol. The molecule has 1 unspecified atom stereocenters. The summed E-state index contributed by atoms with van der Waals surface area (Å²) in [5, 5.41) is 0. The zero-order chi connectivity index (χ0) is 14.5. The number of alkyl halides is 3. The van der Waals surface area contributed by atoms with Gasteiger partial charge in [-0.2, -0.15) is 13.2 Å². The van der Waals surface area contributed by atoms with E-state index in [9.17, 15) is 13.2 Å². The second-order valence-electron chi connectivity index (χ2n) is 4.45. The summed E-state index contributed by atoms with van der Waals surface area (Å²) in [4.78, 5) is 0. The van der Waals surface area contributed by atoms with E-state index in [1.807, 2.05) is 0 Å². The molecule has 1 rings (SSSR count). The average Bonchev–Trinajstić information content (AvgIpc) is 2.34. The van der Waals surface area contributed by atoms with Crippen molar-refractivity contribution in [1.29, 1.82) is 0 Å². The molecule has 19 heavy (non-hydrogen) atoms. The van der Waals surface area contributed by atoms with Gasteiger partial charge in [-0.15, -0.1) is 0 Å². The molecule has 108 valence electrons. The third-order valence-electron chi connectivity index (χ3n) is 3.00. The third-order valence-corrected chi connectivity index (χ3v) is 3.72. The Morgan fingerprint density at radius 2 is 2.00 bits per heavy atom. The fourth-order valence-corrected chi connectivity index (χ4v) is 2.44. The number of hydrazine groups is 1. The van der Waals surface area contributed by atoms with Crippen LogP contribution in [0.1, 0.15) is 49.8 Å². The number of unbranched alkanes of at least 4 members (excludes halogenated alkanes) is 2. The topological polar surface area (TPSA) is 38.0 Å². The van der Waals surface area contributed by atoms with Crippen LogP contribution in [0.3, 0.4) is 0 Å². The first-order valence-electron chi connectivity index (χ1n) is 6.23. The van der Waals surface area contributed by atoms with E-state index in [2.05, 4.69) is 28.3 Å². The van der Waals surface area contributed by atoms with E-state index in [-0.39, 0.29) is 6.04 Å². The van der Waals surface area contributed by atoms with E-state index >= 15 is 0 Å². The van der Waals surface area contributed by atoms with Gasteiger partial charge in [0.05, 0.1) is 5.56 Å². The van der Waals surface area contributed by atoms with Crippen LogP contribution in [0, 0.1) is 0 Å². The van der Waals surface area contributed by atoms with Crippen LogP contribution in [0.4, 0.5) is 13.2 Å². The van der Waals surface area contributed by atoms with Gasteiger partial charge in [0.2, 0.25) is 0 Å². The minimum Gasteiger partial charge on any atom is -0.271 e. The highest BCUT2D eigenvalue weighted by atomic mass is 79.9. The van der Waals surface area contributed by atoms with Crippen molar-refractivity contribution in [2.45, 2.75) is 44.8 Å². The Hall–Kier alpha value is -0.590. The van der Waals surface area contributed by atoms with Crippen molar-refractivity contribution in [3.8, 4) is 0 Å². The summed E-state index contributed by atoms with van der Waals surface area (Å²) in [7, 11) is 0. The van der Waals surface area contributed by atoms with Crippen LogP contribution in [0.25, 0.3) is 0 Å². The zero-order valence-corrected chi connectivity index (χ0v) is 12.3. The fraction of sp³-hybridized carbons (Fsp3) is 0.538. The van der Waals surface area contributed by atoms with E-state index in [1.165, 1.54) is 6.07 Å². The molecule has 0 radical (unpaired) electrons. The molecule has 0 amide bonds. The Morgan fingerprint density at radius 3 is 2.53 bits per heavy atom. The Bertz CT molecular complexity index is 407. The van der Waals surface area contributed by atoms with Crippen molar-refractivity contribution in [2.24, 2.45) is 5.84 Å². The smallest absolute Gasteiger partial charge is 0.271 e. The quantitative estimate of drug-likeness (QED) is 0.453. The van der Waals surface area contributed by atoms with Gasteiger partial charge in [-0.05, 0) is 30.2 Å². The monoisotopic (exact) mass is 338 g/mol. The van der Waals surface area contributed by atoms with Gasteiger partial charge < -0.3 is 0 Å². The first-order valence-corrected chi connectivity index (χ1v) is 7.02. The van der Waals surface area contributed by atoms with Crippen molar-refractivity contribution >= 4 is 15.9 Å². The Kier molecular flexibility index (Phi) is 6.29. The number of hydrogen-bond donors (Lipinski definition) is 2. The first-order chi connectivity index (χ1) is 8.90. The standard InChI is InChI=1S/C13H18BrF3N2/c1-2-3-4-5-12(19-18)10-8-9(13(15,16)17)6-7-11(10)14/h6-8,12,19H,2-5,18H2,1H3. The van der Waals surface area contributed by atoms with Gasteiger partial charge in [-0.25, -0.2) is 0 Å². The van der Waals surface area contributed by atoms with Gasteiger partial charge in [0, 0.05) is 10.5 Å². The predicted molar refractivity (Wildman–Crippen MR) is 73.4 cm³/mol. The lowest BCUT2D eigenvalue weighted by Gasteiger charge is -2.19. The van der Waals surface area contributed by atoms with Crippen molar-refractivity contribution in [3.05, 3.63) is 33.8 Å². The minimum absolute atomic E-state index is 0.275. The normalized spacial score (nSPS) is 13.6. The number of hydrogen-bond acceptors (Lipinski definition) is 2. The molecule has 0 saturated carbocycles. The Labute approximate surface area is 119 Å². The van der Waals surface area contributed by atoms with E-state index in [0.717, 1.165) is 31.4 Å². The number of rotatable bonds is 6. The van der Waals surface area contributed by atoms with Gasteiger partial charge in [0.15, 0.2) is 0 Å². The molecule has 2 nitrogen and oxygen atoms in total. The molecule has 0 aliphatic heterocycles. The highest BCUT2D eigenvalue weighted by Gasteiger charge is 2.31. The number of halogens is 4. The van der Waals surface area contributed by atoms with E-state index in [4.69, 9.17) is 5.84 Å². The van der Waals surface area contributed by atoms with Crippen molar-refractivity contribution in [2.75, 3.05) is 0 Å². The molecule has 0 spiro atoms. The molecule has 0 fully saturated rings. The molecular weight excluding hydrogens is 321 g/mol. The van der Waals surface area contributed by atoms with Crippen LogP contribution in [0.2, 0.25) is 0 Å². The van der Waals surface area contributed by atoms with Crippen LogP contribution < -0.4 is 11.3 Å². The van der Waals surface area contributed by atoms with Crippen molar-refractivity contribution < 1.29 is 13.2 Å². The summed E-state index contributed by atoms with van der Waals surface area (Å²) in [6, 6.07) is 3.36. The summed E-state index contributed by atoms with van der Waals surface area (Å²) in [5.41, 5.74) is 2.50. The maximum Gasteiger partial charge on any atom is 0.416 e. The molecule has 0 bridgehead atoms. The lowest BCUT2D eigenvalue weighted by atomic mass is 9.99. The van der Waals surface area contributed by atoms with E-state index in [1.54, 1.807) is 0 Å². The Morgan fingerprint density at radius 1 is 1.32 bits per heavy atom. The SMILES string of the molecule is CCCCCC(NN)c1cc(C(F)(F)F)ccc1Br. The van der Waals surface area contributed by atoms with Crippen LogP contribution in [0.5, 0.6) is 0 Å². The second kappa shape index (κ2) is 7.26. The molecule has 0 saturated heterocycles. The summed E-state index contributed by atoms with van der Waals surface area (Å²) in [6.45, 7) is 2.07. The molecule has 0 aliphatic carbocycles. The summed E-state index contributed by atoms with van der Waals surface area (Å²) >= 11 is 3.28. The van der Waals surface area contributed by atoms with Gasteiger partial charge in [0.1, 0.15) is 0 Å². The zero-order valence-electron chi connectivity index (χ0n) is 10.7. The molecule has 0 aromatic heterocycles. The highest BCUT2D eigenvalue weighted by molar-refractivity contribution is 9.10. The lowest BCUT2D eigenvalue weighted by molar-refractivity contribution is -0.137. The van der Waals surface area contributed by atoms with Gasteiger partial charge >= 0.3 is 6.18 Å². The number of nitrogens with two attached hydrogens (primary N) is 1. The summed E-state index contributed by atoms with van der Waals surface area (Å²) in [6.07, 6.45) is -0.605. The number of nitrogens with one attached hydrogen (secondary N) is 1. The molecule has 1 aromatic rings. The van der Waals surface area contributed by atoms with Gasteiger partial charge in [0.25, 0.3) is 0 Å². The Balaban J connectivity index is 2.95. The first kappa shape index (κ1) is 16.5. The van der Waals surface area contributed by atoms with E-state index < -0.39 is 11.7 Å². The van der Waals surface area contributed by atoms with E-state index in [0.29, 0.717) is 16.5 Å². The largest absolute Gasteiger partial charge is 0.416 e. The predicted octanol–water partition coefficient (Wildman–Crippen LogP) is 4.55. The van der Waals surface area contributed by atoms with Gasteiger partial charge in [-0.3, -0.25) is 11.3 Å². The minimum atomic E-state index is -4.34. The van der Waals surface area contributed by atoms with Crippen molar-refractivity contribution in [3.63, 3.8) is 0 Å². The van der Waals surface area contributed by atoms with Crippen molar-refractivity contribution in [1.82, 2.24) is 5.43 Å². The van der Waals surface area contributed by atoms with Crippen LogP contribution in [0.15, 0.2) is 22.7 Å². The molecular formula is C13H18BrF3N2. The molecule has 1 aromatic carbocycles. The van der Waals surface area contributed by atoms with Gasteiger partial charge in [-0.1, -0.05) is 42.1 Å². The maximum atomic E-state index is 12.7. The third kappa shape index (κ3) is 4.78. The molecule has 6 heteroatoms. The van der Waals surface area contributed by atoms with Crippen LogP contribution in [-0.2, 0) is 6.18 Å². The molecule has 0 heterocycles. The lowest BCUT2D eigenvalue weighted by Crippen LogP contribution is -2.28. The highest BCUT2D eigenvalue weighted by Crippen LogP contribution is 2.34. The maximum absolute atomic E-state index is 12.7. The molecule has 1 atom stereocenters. The summed E-state index contributed by atoms with van der Waals surface area (Å²) < 4.78 is 38.8. The van der Waals surface area contributed by atoms with Crippen LogP contribution in [-0.4, -0.2) is 0 Å². The molecule has 3 N–H and O–H groups in total. The molecule has 0 aliphatic rings.